The van der Waals surface area contributed by atoms with Crippen LogP contribution in [0.5, 0.6) is 0 Å². The molecule has 76 valence electrons. The fourth-order valence-corrected chi connectivity index (χ4v) is 0.609. The summed E-state index contributed by atoms with van der Waals surface area (Å²) in [6.07, 6.45) is 0. The van der Waals surface area contributed by atoms with Crippen LogP contribution < -0.4 is 11.1 Å². The van der Waals surface area contributed by atoms with Gasteiger partial charge in [-0.25, -0.2) is 0 Å². The van der Waals surface area contributed by atoms with Crippen LogP contribution in [-0.4, -0.2) is 11.8 Å². The molecule has 0 spiro atoms. The quantitative estimate of drug-likeness (QED) is 0.630. The summed E-state index contributed by atoms with van der Waals surface area (Å²) in [5, 5.41) is 2.34. The van der Waals surface area contributed by atoms with Crippen molar-refractivity contribution >= 4 is 11.8 Å². The van der Waals surface area contributed by atoms with Crippen molar-refractivity contribution in [2.45, 2.75) is 34.6 Å². The molecule has 0 fully saturated rings. The van der Waals surface area contributed by atoms with E-state index in [0.717, 1.165) is 0 Å². The molecule has 0 aliphatic carbocycles. The van der Waals surface area contributed by atoms with E-state index in [9.17, 15) is 9.59 Å². The molecule has 0 heterocycles. The van der Waals surface area contributed by atoms with Gasteiger partial charge in [0, 0.05) is 6.92 Å². The molecule has 0 aliphatic heterocycles. The second-order valence-electron chi connectivity index (χ2n) is 2.42. The first-order chi connectivity index (χ1) is 5.95. The van der Waals surface area contributed by atoms with Gasteiger partial charge in [-0.05, 0) is 19.4 Å². The molecule has 4 nitrogen and oxygen atoms in total. The molecule has 0 saturated heterocycles. The number of rotatable bonds is 2. The minimum absolute atomic E-state index is 0.178. The zero-order valence-corrected chi connectivity index (χ0v) is 8.89. The Hall–Kier alpha value is -1.32. The van der Waals surface area contributed by atoms with E-state index in [0.29, 0.717) is 5.57 Å². The Kier molecular flexibility index (Phi) is 8.02. The summed E-state index contributed by atoms with van der Waals surface area (Å²) in [5.74, 6) is -0.903. The van der Waals surface area contributed by atoms with Gasteiger partial charge in [0.1, 0.15) is 5.70 Å². The van der Waals surface area contributed by atoms with Crippen LogP contribution in [-0.2, 0) is 9.59 Å². The molecule has 0 saturated carbocycles. The molecule has 0 bridgehead atoms. The minimum atomic E-state index is -0.611. The molecular weight excluding hydrogens is 168 g/mol. The third kappa shape index (κ3) is 7.05. The number of allylic oxidation sites excluding steroid dienone is 1. The van der Waals surface area contributed by atoms with Crippen LogP contribution in [0.4, 0.5) is 0 Å². The Morgan fingerprint density at radius 2 is 1.46 bits per heavy atom. The summed E-state index contributed by atoms with van der Waals surface area (Å²) in [6.45, 7) is 8.73. The average Bonchev–Trinajstić information content (AvgIpc) is 2.03. The summed E-state index contributed by atoms with van der Waals surface area (Å²) < 4.78 is 0. The van der Waals surface area contributed by atoms with Gasteiger partial charge in [0.15, 0.2) is 0 Å². The molecule has 13 heavy (non-hydrogen) atoms. The van der Waals surface area contributed by atoms with Gasteiger partial charge >= 0.3 is 0 Å². The minimum Gasteiger partial charge on any atom is -0.364 e. The Balaban J connectivity index is 0. The van der Waals surface area contributed by atoms with Gasteiger partial charge in [0.2, 0.25) is 5.91 Å². The smallest absolute Gasteiger partial charge is 0.265 e. The zero-order valence-electron chi connectivity index (χ0n) is 8.89. The number of amides is 2. The predicted molar refractivity (Wildman–Crippen MR) is 52.7 cm³/mol. The Morgan fingerprint density at radius 3 is 1.54 bits per heavy atom. The summed E-state index contributed by atoms with van der Waals surface area (Å²) >= 11 is 0. The Morgan fingerprint density at radius 1 is 1.08 bits per heavy atom. The standard InChI is InChI=1S/C7H12N2O2.C2H6/c1-4(2)6(7(8)11)9-5(3)10;1-2/h1-3H3,(H2,8,11)(H,9,10);1-2H3. The van der Waals surface area contributed by atoms with Crippen molar-refractivity contribution in [2.24, 2.45) is 5.73 Å². The normalized spacial score (nSPS) is 7.77. The molecule has 0 aromatic heterocycles. The summed E-state index contributed by atoms with van der Waals surface area (Å²) in [4.78, 5) is 21.1. The van der Waals surface area contributed by atoms with Gasteiger partial charge < -0.3 is 11.1 Å². The van der Waals surface area contributed by atoms with Crippen molar-refractivity contribution in [3.05, 3.63) is 11.3 Å². The fraction of sp³-hybridized carbons (Fsp3) is 0.556. The number of nitrogens with one attached hydrogen (secondary N) is 1. The number of nitrogens with two attached hydrogens (primary N) is 1. The molecule has 4 heteroatoms. The molecular formula is C9H18N2O2. The van der Waals surface area contributed by atoms with Crippen LogP contribution in [0.25, 0.3) is 0 Å². The first-order valence-electron chi connectivity index (χ1n) is 4.20. The van der Waals surface area contributed by atoms with Gasteiger partial charge in [-0.3, -0.25) is 9.59 Å². The van der Waals surface area contributed by atoms with Gasteiger partial charge in [0.25, 0.3) is 5.91 Å². The molecule has 0 atom stereocenters. The topological polar surface area (TPSA) is 72.2 Å². The highest BCUT2D eigenvalue weighted by atomic mass is 16.2. The van der Waals surface area contributed by atoms with Crippen LogP contribution in [0.3, 0.4) is 0 Å². The van der Waals surface area contributed by atoms with Crippen LogP contribution in [0.15, 0.2) is 11.3 Å². The molecule has 0 aromatic carbocycles. The highest BCUT2D eigenvalue weighted by Crippen LogP contribution is 1.97. The highest BCUT2D eigenvalue weighted by molar-refractivity contribution is 5.96. The Labute approximate surface area is 79.2 Å². The van der Waals surface area contributed by atoms with E-state index in [2.05, 4.69) is 5.32 Å². The van der Waals surface area contributed by atoms with Crippen molar-refractivity contribution in [3.8, 4) is 0 Å². The van der Waals surface area contributed by atoms with E-state index in [1.807, 2.05) is 13.8 Å². The SMILES string of the molecule is CC.CC(=O)NC(C(N)=O)=C(C)C. The molecule has 0 radical (unpaired) electrons. The molecule has 0 rings (SSSR count). The van der Waals surface area contributed by atoms with Crippen LogP contribution in [0, 0.1) is 0 Å². The molecule has 0 unspecified atom stereocenters. The number of primary amides is 1. The van der Waals surface area contributed by atoms with Crippen molar-refractivity contribution in [3.63, 3.8) is 0 Å². The van der Waals surface area contributed by atoms with E-state index < -0.39 is 5.91 Å². The van der Waals surface area contributed by atoms with Crippen LogP contribution in [0.1, 0.15) is 34.6 Å². The maximum absolute atomic E-state index is 10.6. The van der Waals surface area contributed by atoms with Gasteiger partial charge in [0.05, 0.1) is 0 Å². The summed E-state index contributed by atoms with van der Waals surface area (Å²) in [7, 11) is 0. The maximum Gasteiger partial charge on any atom is 0.265 e. The van der Waals surface area contributed by atoms with E-state index in [-0.39, 0.29) is 11.6 Å². The summed E-state index contributed by atoms with van der Waals surface area (Å²) in [6, 6.07) is 0. The molecule has 2 amide bonds. The first-order valence-corrected chi connectivity index (χ1v) is 4.20. The lowest BCUT2D eigenvalue weighted by Crippen LogP contribution is -2.30. The fourth-order valence-electron chi connectivity index (χ4n) is 0.609. The third-order valence-electron chi connectivity index (χ3n) is 1.05. The zero-order chi connectivity index (χ0) is 11.0. The average molecular weight is 186 g/mol. The molecule has 0 aliphatic rings. The monoisotopic (exact) mass is 186 g/mol. The Bertz CT molecular complexity index is 216. The van der Waals surface area contributed by atoms with E-state index in [1.54, 1.807) is 13.8 Å². The van der Waals surface area contributed by atoms with Crippen molar-refractivity contribution in [2.75, 3.05) is 0 Å². The second-order valence-corrected chi connectivity index (χ2v) is 2.42. The lowest BCUT2D eigenvalue weighted by atomic mass is 10.2. The molecule has 0 aromatic rings. The number of hydrogen-bond acceptors (Lipinski definition) is 2. The van der Waals surface area contributed by atoms with E-state index in [1.165, 1.54) is 6.92 Å². The van der Waals surface area contributed by atoms with Crippen molar-refractivity contribution < 1.29 is 9.59 Å². The van der Waals surface area contributed by atoms with Crippen LogP contribution in [0.2, 0.25) is 0 Å². The lowest BCUT2D eigenvalue weighted by Gasteiger charge is -2.04. The van der Waals surface area contributed by atoms with Gasteiger partial charge in [-0.15, -0.1) is 0 Å². The van der Waals surface area contributed by atoms with Crippen molar-refractivity contribution in [1.29, 1.82) is 0 Å². The van der Waals surface area contributed by atoms with Crippen molar-refractivity contribution in [1.82, 2.24) is 5.32 Å². The van der Waals surface area contributed by atoms with E-state index in [4.69, 9.17) is 5.73 Å². The highest BCUT2D eigenvalue weighted by Gasteiger charge is 2.07. The van der Waals surface area contributed by atoms with Gasteiger partial charge in [-0.1, -0.05) is 13.8 Å². The maximum atomic E-state index is 10.6. The lowest BCUT2D eigenvalue weighted by molar-refractivity contribution is -0.121. The third-order valence-corrected chi connectivity index (χ3v) is 1.05. The molecule has 3 N–H and O–H groups in total. The number of carbonyl (C=O) groups is 2. The van der Waals surface area contributed by atoms with E-state index >= 15 is 0 Å². The first kappa shape index (κ1) is 14.2. The van der Waals surface area contributed by atoms with Gasteiger partial charge in [-0.2, -0.15) is 0 Å². The number of carbonyl (C=O) groups excluding carboxylic acids is 2. The summed E-state index contributed by atoms with van der Waals surface area (Å²) in [5.41, 5.74) is 5.85. The predicted octanol–water partition coefficient (Wildman–Crippen LogP) is 0.928. The number of hydrogen-bond donors (Lipinski definition) is 2. The second kappa shape index (κ2) is 7.34. The largest absolute Gasteiger partial charge is 0.364 e. The van der Waals surface area contributed by atoms with Crippen LogP contribution >= 0.6 is 0 Å².